The standard InChI is InChI=1S/C22H25N3O2Si/c1-22(2,3)28(4,5)27-12-6-7-18-14-24-21(13-19(18)16-26)25-11-9-17-8-10-23-15-20(17)25/h8-11,13-16H,12H2,1-5H3. The van der Waals surface area contributed by atoms with Crippen LogP contribution in [0.4, 0.5) is 0 Å². The van der Waals surface area contributed by atoms with Crippen LogP contribution in [0.2, 0.25) is 18.1 Å². The fourth-order valence-corrected chi connectivity index (χ4v) is 3.40. The molecule has 0 fully saturated rings. The van der Waals surface area contributed by atoms with E-state index in [0.29, 0.717) is 23.6 Å². The van der Waals surface area contributed by atoms with E-state index in [-0.39, 0.29) is 5.04 Å². The molecule has 0 saturated carbocycles. The predicted molar refractivity (Wildman–Crippen MR) is 114 cm³/mol. The Morgan fingerprint density at radius 2 is 2.04 bits per heavy atom. The third-order valence-electron chi connectivity index (χ3n) is 5.33. The summed E-state index contributed by atoms with van der Waals surface area (Å²) >= 11 is 0. The number of carbonyl (C=O) groups excluding carboxylic acids is 1. The van der Waals surface area contributed by atoms with Crippen molar-refractivity contribution >= 4 is 25.5 Å². The molecule has 0 atom stereocenters. The first-order valence-corrected chi connectivity index (χ1v) is 12.1. The van der Waals surface area contributed by atoms with E-state index in [9.17, 15) is 4.79 Å². The summed E-state index contributed by atoms with van der Waals surface area (Å²) in [5, 5.41) is 1.20. The van der Waals surface area contributed by atoms with Gasteiger partial charge in [-0.1, -0.05) is 32.6 Å². The molecule has 0 aromatic carbocycles. The van der Waals surface area contributed by atoms with E-state index in [1.54, 1.807) is 24.7 Å². The molecule has 0 aliphatic carbocycles. The molecule has 3 aromatic heterocycles. The van der Waals surface area contributed by atoms with E-state index in [1.807, 2.05) is 22.9 Å². The predicted octanol–water partition coefficient (Wildman–Crippen LogP) is 4.61. The highest BCUT2D eigenvalue weighted by atomic mass is 28.4. The lowest BCUT2D eigenvalue weighted by Gasteiger charge is -2.35. The fraction of sp³-hybridized carbons (Fsp3) is 0.318. The minimum atomic E-state index is -1.83. The van der Waals surface area contributed by atoms with Gasteiger partial charge in [0.05, 0.1) is 23.9 Å². The van der Waals surface area contributed by atoms with Crippen molar-refractivity contribution in [1.29, 1.82) is 0 Å². The van der Waals surface area contributed by atoms with Gasteiger partial charge in [0, 0.05) is 29.5 Å². The second-order valence-corrected chi connectivity index (χ2v) is 13.0. The van der Waals surface area contributed by atoms with E-state index in [0.717, 1.165) is 17.2 Å². The van der Waals surface area contributed by atoms with Gasteiger partial charge in [-0.15, -0.1) is 0 Å². The maximum Gasteiger partial charge on any atom is 0.193 e. The molecule has 0 N–H and O–H groups in total. The van der Waals surface area contributed by atoms with Gasteiger partial charge in [-0.2, -0.15) is 0 Å². The zero-order chi connectivity index (χ0) is 20.4. The lowest BCUT2D eigenvalue weighted by Crippen LogP contribution is -2.40. The van der Waals surface area contributed by atoms with Crippen LogP contribution in [0.25, 0.3) is 16.7 Å². The van der Waals surface area contributed by atoms with E-state index in [2.05, 4.69) is 55.7 Å². The first kappa shape index (κ1) is 20.0. The molecule has 6 heteroatoms. The smallest absolute Gasteiger partial charge is 0.193 e. The fourth-order valence-electron chi connectivity index (χ4n) is 2.53. The summed E-state index contributed by atoms with van der Waals surface area (Å²) in [6.45, 7) is 11.3. The zero-order valence-corrected chi connectivity index (χ0v) is 18.0. The first-order chi connectivity index (χ1) is 13.2. The van der Waals surface area contributed by atoms with Crippen LogP contribution in [-0.2, 0) is 4.43 Å². The molecule has 0 aliphatic rings. The summed E-state index contributed by atoms with van der Waals surface area (Å²) in [5.41, 5.74) is 2.05. The van der Waals surface area contributed by atoms with Crippen LogP contribution in [0.3, 0.4) is 0 Å². The van der Waals surface area contributed by atoms with Crippen molar-refractivity contribution in [3.63, 3.8) is 0 Å². The van der Waals surface area contributed by atoms with Gasteiger partial charge in [-0.05, 0) is 36.3 Å². The monoisotopic (exact) mass is 391 g/mol. The summed E-state index contributed by atoms with van der Waals surface area (Å²) in [7, 11) is -1.83. The Morgan fingerprint density at radius 3 is 2.75 bits per heavy atom. The maximum absolute atomic E-state index is 11.6. The topological polar surface area (TPSA) is 57.0 Å². The normalized spacial score (nSPS) is 11.9. The second-order valence-electron chi connectivity index (χ2n) is 8.22. The highest BCUT2D eigenvalue weighted by Crippen LogP contribution is 2.36. The molecule has 0 aliphatic heterocycles. The molecule has 0 radical (unpaired) electrons. The number of fused-ring (bicyclic) bond motifs is 1. The molecule has 0 bridgehead atoms. The van der Waals surface area contributed by atoms with Gasteiger partial charge in [-0.3, -0.25) is 14.3 Å². The van der Waals surface area contributed by atoms with Crippen molar-refractivity contribution in [3.8, 4) is 17.7 Å². The zero-order valence-electron chi connectivity index (χ0n) is 17.0. The number of aromatic nitrogens is 3. The highest BCUT2D eigenvalue weighted by Gasteiger charge is 2.36. The average Bonchev–Trinajstić information content (AvgIpc) is 3.08. The van der Waals surface area contributed by atoms with Gasteiger partial charge in [-0.25, -0.2) is 4.98 Å². The lowest BCUT2D eigenvalue weighted by atomic mass is 10.1. The number of hydrogen-bond acceptors (Lipinski definition) is 4. The lowest BCUT2D eigenvalue weighted by molar-refractivity contribution is 0.112. The first-order valence-electron chi connectivity index (χ1n) is 9.22. The molecule has 28 heavy (non-hydrogen) atoms. The van der Waals surface area contributed by atoms with Crippen molar-refractivity contribution in [3.05, 3.63) is 54.1 Å². The summed E-state index contributed by atoms with van der Waals surface area (Å²) in [4.78, 5) is 20.2. The minimum absolute atomic E-state index is 0.139. The number of nitrogens with zero attached hydrogens (tertiary/aromatic N) is 3. The van der Waals surface area contributed by atoms with Crippen LogP contribution in [0.15, 0.2) is 43.0 Å². The van der Waals surface area contributed by atoms with Gasteiger partial charge in [0.15, 0.2) is 14.6 Å². The van der Waals surface area contributed by atoms with Crippen molar-refractivity contribution in [1.82, 2.24) is 14.5 Å². The molecule has 0 spiro atoms. The third-order valence-corrected chi connectivity index (χ3v) is 9.80. The van der Waals surface area contributed by atoms with Crippen molar-refractivity contribution in [2.24, 2.45) is 0 Å². The highest BCUT2D eigenvalue weighted by molar-refractivity contribution is 6.74. The molecule has 3 rings (SSSR count). The van der Waals surface area contributed by atoms with Crippen LogP contribution in [0.5, 0.6) is 0 Å². The van der Waals surface area contributed by atoms with Crippen LogP contribution >= 0.6 is 0 Å². The number of carbonyl (C=O) groups is 1. The second kappa shape index (κ2) is 7.70. The molecule has 3 aromatic rings. The molecular formula is C22H25N3O2Si. The van der Waals surface area contributed by atoms with Crippen LogP contribution in [-0.4, -0.2) is 35.7 Å². The van der Waals surface area contributed by atoms with Crippen molar-refractivity contribution < 1.29 is 9.22 Å². The van der Waals surface area contributed by atoms with Crippen molar-refractivity contribution in [2.75, 3.05) is 6.61 Å². The maximum atomic E-state index is 11.6. The molecule has 0 amide bonds. The average molecular weight is 392 g/mol. The Bertz CT molecular complexity index is 1070. The summed E-state index contributed by atoms with van der Waals surface area (Å²) < 4.78 is 7.98. The van der Waals surface area contributed by atoms with Gasteiger partial charge in [0.1, 0.15) is 5.82 Å². The van der Waals surface area contributed by atoms with Crippen LogP contribution in [0.1, 0.15) is 36.7 Å². The Hall–Kier alpha value is -2.75. The molecule has 0 unspecified atom stereocenters. The van der Waals surface area contributed by atoms with Gasteiger partial charge in [0.2, 0.25) is 0 Å². The molecule has 144 valence electrons. The van der Waals surface area contributed by atoms with Gasteiger partial charge >= 0.3 is 0 Å². The summed E-state index contributed by atoms with van der Waals surface area (Å²) in [6, 6.07) is 5.68. The van der Waals surface area contributed by atoms with Gasteiger partial charge < -0.3 is 4.43 Å². The Morgan fingerprint density at radius 1 is 1.25 bits per heavy atom. The Balaban J connectivity index is 1.83. The molecule has 0 saturated heterocycles. The van der Waals surface area contributed by atoms with Crippen LogP contribution in [0, 0.1) is 11.8 Å². The number of hydrogen-bond donors (Lipinski definition) is 0. The Labute approximate surface area is 166 Å². The minimum Gasteiger partial charge on any atom is -0.406 e. The van der Waals surface area contributed by atoms with E-state index >= 15 is 0 Å². The number of aldehydes is 1. The molecular weight excluding hydrogens is 366 g/mol. The number of pyridine rings is 2. The molecule has 3 heterocycles. The van der Waals surface area contributed by atoms with E-state index < -0.39 is 8.32 Å². The van der Waals surface area contributed by atoms with E-state index in [1.165, 1.54) is 0 Å². The quantitative estimate of drug-likeness (QED) is 0.370. The van der Waals surface area contributed by atoms with Gasteiger partial charge in [0.25, 0.3) is 0 Å². The van der Waals surface area contributed by atoms with Crippen molar-refractivity contribution in [2.45, 2.75) is 38.9 Å². The number of rotatable bonds is 4. The van der Waals surface area contributed by atoms with Crippen LogP contribution < -0.4 is 0 Å². The largest absolute Gasteiger partial charge is 0.406 e. The summed E-state index contributed by atoms with van der Waals surface area (Å²) in [6.07, 6.45) is 7.90. The molecule has 5 nitrogen and oxygen atoms in total. The summed E-state index contributed by atoms with van der Waals surface area (Å²) in [5.74, 6) is 6.73. The van der Waals surface area contributed by atoms with E-state index in [4.69, 9.17) is 4.43 Å². The SMILES string of the molecule is CC(C)(C)[Si](C)(C)OCC#Cc1cnc(-n2ccc3ccncc32)cc1C=O. The Kier molecular flexibility index (Phi) is 5.50. The third kappa shape index (κ3) is 4.06.